The van der Waals surface area contributed by atoms with Crippen molar-refractivity contribution < 1.29 is 4.39 Å². The van der Waals surface area contributed by atoms with Crippen molar-refractivity contribution in [2.45, 2.75) is 6.92 Å². The molecule has 31 heavy (non-hydrogen) atoms. The van der Waals surface area contributed by atoms with Crippen molar-refractivity contribution in [2.24, 2.45) is 0 Å². The predicted molar refractivity (Wildman–Crippen MR) is 120 cm³/mol. The van der Waals surface area contributed by atoms with E-state index in [1.54, 1.807) is 30.7 Å². The van der Waals surface area contributed by atoms with Crippen LogP contribution < -0.4 is 5.32 Å². The summed E-state index contributed by atoms with van der Waals surface area (Å²) in [4.78, 5) is 18.1. The maximum absolute atomic E-state index is 13.4. The minimum Gasteiger partial charge on any atom is -0.324 e. The normalized spacial score (nSPS) is 10.9. The first-order valence-electron chi connectivity index (χ1n) is 9.83. The Balaban J connectivity index is 1.68. The zero-order valence-electron chi connectivity index (χ0n) is 16.7. The van der Waals surface area contributed by atoms with Crippen molar-refractivity contribution in [3.8, 4) is 22.5 Å². The molecule has 0 atom stereocenters. The van der Waals surface area contributed by atoms with E-state index in [2.05, 4.69) is 15.3 Å². The number of aryl methyl sites for hydroxylation is 1. The van der Waals surface area contributed by atoms with Gasteiger partial charge in [-0.2, -0.15) is 0 Å². The topological polar surface area (TPSA) is 63.6 Å². The first-order valence-corrected chi connectivity index (χ1v) is 9.83. The lowest BCUT2D eigenvalue weighted by atomic mass is 10.0. The second kappa shape index (κ2) is 7.91. The highest BCUT2D eigenvalue weighted by molar-refractivity contribution is 5.95. The molecule has 0 aliphatic heterocycles. The van der Waals surface area contributed by atoms with Crippen LogP contribution in [-0.4, -0.2) is 19.9 Å². The third-order valence-electron chi connectivity index (χ3n) is 4.95. The summed E-state index contributed by atoms with van der Waals surface area (Å²) >= 11 is 0. The molecule has 0 spiro atoms. The van der Waals surface area contributed by atoms with Crippen LogP contribution in [-0.2, 0) is 0 Å². The van der Waals surface area contributed by atoms with E-state index in [0.717, 1.165) is 33.2 Å². The highest BCUT2D eigenvalue weighted by Crippen LogP contribution is 2.31. The minimum absolute atomic E-state index is 0.262. The highest BCUT2D eigenvalue weighted by atomic mass is 19.1. The number of benzene rings is 2. The van der Waals surface area contributed by atoms with Crippen LogP contribution in [0, 0.1) is 12.7 Å². The Morgan fingerprint density at radius 2 is 1.65 bits per heavy atom. The Morgan fingerprint density at radius 3 is 2.42 bits per heavy atom. The van der Waals surface area contributed by atoms with E-state index in [0.29, 0.717) is 17.5 Å². The maximum Gasteiger partial charge on any atom is 0.163 e. The number of rotatable bonds is 4. The van der Waals surface area contributed by atoms with Crippen molar-refractivity contribution in [2.75, 3.05) is 5.32 Å². The van der Waals surface area contributed by atoms with Gasteiger partial charge in [-0.15, -0.1) is 0 Å². The average Bonchev–Trinajstić information content (AvgIpc) is 2.80. The van der Waals surface area contributed by atoms with Gasteiger partial charge < -0.3 is 5.32 Å². The molecule has 0 aliphatic carbocycles. The molecule has 5 aromatic rings. The second-order valence-electron chi connectivity index (χ2n) is 7.22. The summed E-state index contributed by atoms with van der Waals surface area (Å²) in [5, 5.41) is 4.19. The van der Waals surface area contributed by atoms with Gasteiger partial charge in [-0.1, -0.05) is 18.2 Å². The molecule has 0 fully saturated rings. The Labute approximate surface area is 178 Å². The quantitative estimate of drug-likeness (QED) is 0.399. The fourth-order valence-electron chi connectivity index (χ4n) is 3.40. The molecule has 5 nitrogen and oxygen atoms in total. The molecule has 2 aromatic carbocycles. The molecule has 0 bridgehead atoms. The SMILES string of the molecule is Cc1ccnc(Nc2nc(-c3cccnc3)nc3ccc(-c4ccc(F)cc4)cc23)c1. The summed E-state index contributed by atoms with van der Waals surface area (Å²) in [6, 6.07) is 20.0. The molecule has 150 valence electrons. The van der Waals surface area contributed by atoms with Crippen LogP contribution in [0.5, 0.6) is 0 Å². The zero-order chi connectivity index (χ0) is 21.2. The van der Waals surface area contributed by atoms with Crippen molar-refractivity contribution >= 4 is 22.5 Å². The number of hydrogen-bond donors (Lipinski definition) is 1. The minimum atomic E-state index is -0.262. The molecule has 0 unspecified atom stereocenters. The molecule has 5 rings (SSSR count). The molecule has 0 radical (unpaired) electrons. The molecular weight excluding hydrogens is 389 g/mol. The van der Waals surface area contributed by atoms with Gasteiger partial charge in [0.25, 0.3) is 0 Å². The average molecular weight is 407 g/mol. The van der Waals surface area contributed by atoms with Crippen LogP contribution in [0.15, 0.2) is 85.3 Å². The van der Waals surface area contributed by atoms with E-state index in [-0.39, 0.29) is 5.82 Å². The Bertz CT molecular complexity index is 1370. The number of anilines is 2. The molecule has 1 N–H and O–H groups in total. The van der Waals surface area contributed by atoms with Gasteiger partial charge in [-0.05, 0) is 72.1 Å². The fraction of sp³-hybridized carbons (Fsp3) is 0.0400. The van der Waals surface area contributed by atoms with Gasteiger partial charge in [0, 0.05) is 29.5 Å². The summed E-state index contributed by atoms with van der Waals surface area (Å²) in [7, 11) is 0. The molecule has 6 heteroatoms. The van der Waals surface area contributed by atoms with Crippen molar-refractivity contribution in [1.29, 1.82) is 0 Å². The van der Waals surface area contributed by atoms with Gasteiger partial charge in [-0.3, -0.25) is 4.98 Å². The first kappa shape index (κ1) is 18.8. The molecule has 0 aliphatic rings. The zero-order valence-corrected chi connectivity index (χ0v) is 16.7. The van der Waals surface area contributed by atoms with E-state index in [9.17, 15) is 4.39 Å². The van der Waals surface area contributed by atoms with Gasteiger partial charge in [0.1, 0.15) is 17.5 Å². The van der Waals surface area contributed by atoms with Crippen LogP contribution in [0.2, 0.25) is 0 Å². The summed E-state index contributed by atoms with van der Waals surface area (Å²) < 4.78 is 13.4. The lowest BCUT2D eigenvalue weighted by Crippen LogP contribution is -2.01. The molecule has 3 aromatic heterocycles. The van der Waals surface area contributed by atoms with Gasteiger partial charge >= 0.3 is 0 Å². The van der Waals surface area contributed by atoms with Gasteiger partial charge in [0.2, 0.25) is 0 Å². The van der Waals surface area contributed by atoms with E-state index in [1.807, 2.05) is 49.4 Å². The third-order valence-corrected chi connectivity index (χ3v) is 4.95. The number of nitrogens with zero attached hydrogens (tertiary/aromatic N) is 4. The summed E-state index contributed by atoms with van der Waals surface area (Å²) in [5.41, 5.74) is 4.57. The van der Waals surface area contributed by atoms with E-state index in [1.165, 1.54) is 12.1 Å². The molecule has 0 saturated heterocycles. The molecular formula is C25H18FN5. The largest absolute Gasteiger partial charge is 0.324 e. The van der Waals surface area contributed by atoms with Gasteiger partial charge in [0.15, 0.2) is 5.82 Å². The molecule has 0 saturated carbocycles. The number of halogens is 1. The van der Waals surface area contributed by atoms with Gasteiger partial charge in [0.05, 0.1) is 5.52 Å². The Morgan fingerprint density at radius 1 is 0.806 bits per heavy atom. The lowest BCUT2D eigenvalue weighted by Gasteiger charge is -2.12. The van der Waals surface area contributed by atoms with Crippen LogP contribution in [0.4, 0.5) is 16.0 Å². The highest BCUT2D eigenvalue weighted by Gasteiger charge is 2.12. The van der Waals surface area contributed by atoms with Crippen molar-refractivity contribution in [3.05, 3.63) is 96.7 Å². The van der Waals surface area contributed by atoms with E-state index < -0.39 is 0 Å². The molecule has 3 heterocycles. The third kappa shape index (κ3) is 3.96. The number of aromatic nitrogens is 4. The maximum atomic E-state index is 13.4. The predicted octanol–water partition coefficient (Wildman–Crippen LogP) is 5.94. The second-order valence-corrected chi connectivity index (χ2v) is 7.22. The Hall–Kier alpha value is -4.19. The van der Waals surface area contributed by atoms with Crippen molar-refractivity contribution in [3.63, 3.8) is 0 Å². The number of hydrogen-bond acceptors (Lipinski definition) is 5. The van der Waals surface area contributed by atoms with Crippen molar-refractivity contribution in [1.82, 2.24) is 19.9 Å². The molecule has 0 amide bonds. The van der Waals surface area contributed by atoms with Gasteiger partial charge in [-0.25, -0.2) is 19.3 Å². The summed E-state index contributed by atoms with van der Waals surface area (Å²) in [6.45, 7) is 2.01. The van der Waals surface area contributed by atoms with E-state index in [4.69, 9.17) is 9.97 Å². The van der Waals surface area contributed by atoms with E-state index >= 15 is 0 Å². The van der Waals surface area contributed by atoms with Crippen LogP contribution in [0.3, 0.4) is 0 Å². The monoisotopic (exact) mass is 407 g/mol. The number of fused-ring (bicyclic) bond motifs is 1. The number of nitrogens with one attached hydrogen (secondary N) is 1. The lowest BCUT2D eigenvalue weighted by molar-refractivity contribution is 0.628. The van der Waals surface area contributed by atoms with Crippen LogP contribution in [0.1, 0.15) is 5.56 Å². The summed E-state index contributed by atoms with van der Waals surface area (Å²) in [5.74, 6) is 1.65. The standard InChI is InChI=1S/C25H18FN5/c1-16-10-12-28-23(13-16)30-25-21-14-18(17-4-7-20(26)8-5-17)6-9-22(21)29-24(31-25)19-3-2-11-27-15-19/h2-15H,1H3,(H,28,29,30,31). The smallest absolute Gasteiger partial charge is 0.163 e. The van der Waals surface area contributed by atoms with Crippen LogP contribution >= 0.6 is 0 Å². The fourth-order valence-corrected chi connectivity index (χ4v) is 3.40. The first-order chi connectivity index (χ1) is 15.2. The summed E-state index contributed by atoms with van der Waals surface area (Å²) in [6.07, 6.45) is 5.21. The Kier molecular flexibility index (Phi) is 4.80. The number of pyridine rings is 2. The van der Waals surface area contributed by atoms with Crippen LogP contribution in [0.25, 0.3) is 33.4 Å².